The molecule has 4 aromatic carbocycles. The third kappa shape index (κ3) is 34.1. The summed E-state index contributed by atoms with van der Waals surface area (Å²) < 4.78 is 0. The van der Waals surface area contributed by atoms with Gasteiger partial charge in [-0.1, -0.05) is 91.0 Å². The fourth-order valence-corrected chi connectivity index (χ4v) is 16.0. The maximum Gasteiger partial charge on any atom is 0.317 e. The molecule has 5 heterocycles. The number of fused-ring (bicyclic) bond motifs is 2. The third-order valence-electron chi connectivity index (χ3n) is 23.1. The quantitative estimate of drug-likeness (QED) is 0.00759. The van der Waals surface area contributed by atoms with Gasteiger partial charge in [0.05, 0.1) is 45.7 Å². The molecule has 9 rings (SSSR count). The summed E-state index contributed by atoms with van der Waals surface area (Å²) in [6, 6.07) is 17.8. The SMILES string of the molecule is CNCC(=O)N[C@@H](CCCNC(=N)N)C(=O)N[C@@H](Cc1c[nH]c2ccccc12)C(=O)N[C@@H](CO)C(=O)N[C@@H](Cc1cnc[nH]1)C(=O)N[C@H](CCCNC(=N)N)C(=O)N[C@@H](Cc1c[nH]c2ccccc12)C(=O)N[C@@H](Cc1ccc(C(=O)c2ccccc2)cc1)C(=O)N1CCC[C@H]1C(=O)NCCCN(C)CCCNC(=O)CN1CCN(CC(=O)O)CCN(CC(=O)O)CCN(CC(=O)O)CC1. The Labute approximate surface area is 774 Å². The van der Waals surface area contributed by atoms with E-state index in [-0.39, 0.29) is 187 Å². The highest BCUT2D eigenvalue weighted by Gasteiger charge is 2.41. The molecule has 44 nitrogen and oxygen atoms in total. The van der Waals surface area contributed by atoms with Gasteiger partial charge in [-0.3, -0.25) is 97.5 Å². The number of guanidine groups is 2. The fourth-order valence-electron chi connectivity index (χ4n) is 16.0. The number of amides is 10. The van der Waals surface area contributed by atoms with Crippen molar-refractivity contribution in [3.8, 4) is 0 Å². The Hall–Kier alpha value is -13.8. The van der Waals surface area contributed by atoms with Crippen LogP contribution in [0.25, 0.3) is 21.8 Å². The van der Waals surface area contributed by atoms with Crippen molar-refractivity contribution in [2.45, 2.75) is 125 Å². The van der Waals surface area contributed by atoms with Crippen molar-refractivity contribution in [2.75, 3.05) is 152 Å². The van der Waals surface area contributed by atoms with Crippen LogP contribution in [0.1, 0.15) is 89.7 Å². The summed E-state index contributed by atoms with van der Waals surface area (Å²) in [7, 11) is 3.42. The number of nitrogens with one attached hydrogen (secondary N) is 17. The molecule has 8 atom stereocenters. The van der Waals surface area contributed by atoms with Crippen LogP contribution >= 0.6 is 0 Å². The van der Waals surface area contributed by atoms with Crippen molar-refractivity contribution in [3.05, 3.63) is 162 Å². The standard InChI is InChI=1S/C90H126N26O18/c1-95-50-75(118)104-67(21-10-28-99-89(91)92)81(127)106-70(45-61-48-102-66-20-9-7-18-64(61)66)84(130)110-73(55-117)86(132)108-71(46-62-49-96-56-103-62)85(131)105-68(22-11-29-100-90(93)94)82(128)107-69(44-60-47-101-65-19-8-6-17-63(60)65)83(129)109-72(43-57-24-26-59(27-25-57)80(126)58-15-4-3-5-16-58)88(134)116-34-12-23-74(116)87(133)98-31-14-33-111(2)32-13-30-97-76(119)51-112-35-37-113(52-77(120)121)39-41-115(54-79(124)125)42-40-114(38-36-112)53-78(122)123/h3-9,15-20,24-27,47-49,56,67-74,95,101-102,117H,10-14,21-23,28-46,50-55H2,1-2H3,(H,96,103)(H,97,119)(H,98,133)(H,104,118)(H,105,131)(H,106,127)(H,107,128)(H,108,132)(H,109,129)(H,110,130)(H,120,121)(H,122,123)(H,124,125)(H4,91,92,99)(H4,93,94,100)/t67-,68+,69-,70-,71-,72-,73-,74-/m0/s1. The van der Waals surface area contributed by atoms with Crippen molar-refractivity contribution in [1.29, 1.82) is 10.8 Å². The molecule has 134 heavy (non-hydrogen) atoms. The zero-order valence-corrected chi connectivity index (χ0v) is 75.4. The lowest BCUT2D eigenvalue weighted by Gasteiger charge is -2.32. The number of rotatable bonds is 52. The second-order valence-electron chi connectivity index (χ2n) is 33.3. The molecule has 3 aromatic heterocycles. The van der Waals surface area contributed by atoms with E-state index in [9.17, 15) is 68.4 Å². The number of imidazole rings is 1. The molecular formula is C90H126N26O18. The maximum atomic E-state index is 15.7. The number of aromatic amines is 3. The van der Waals surface area contributed by atoms with Crippen molar-refractivity contribution in [2.24, 2.45) is 11.5 Å². The predicted octanol–water partition coefficient (Wildman–Crippen LogP) is -3.58. The first kappa shape index (κ1) is 104. The molecule has 10 amide bonds. The van der Waals surface area contributed by atoms with Gasteiger partial charge in [0.2, 0.25) is 59.1 Å². The lowest BCUT2D eigenvalue weighted by atomic mass is 9.98. The number of likely N-dealkylation sites (tertiary alicyclic amines) is 1. The first-order chi connectivity index (χ1) is 64.4. The Morgan fingerprint density at radius 2 is 0.896 bits per heavy atom. The molecule has 0 aliphatic carbocycles. The number of hydrogen-bond donors (Lipinski definition) is 23. The first-order valence-electron chi connectivity index (χ1n) is 44.8. The third-order valence-corrected chi connectivity index (χ3v) is 23.1. The van der Waals surface area contributed by atoms with E-state index in [1.54, 1.807) is 124 Å². The van der Waals surface area contributed by atoms with Crippen LogP contribution in [0.15, 0.2) is 128 Å². The molecular weight excluding hydrogens is 1730 g/mol. The van der Waals surface area contributed by atoms with Gasteiger partial charge >= 0.3 is 17.9 Å². The summed E-state index contributed by atoms with van der Waals surface area (Å²) in [6.07, 6.45) is 6.86. The number of para-hydroxylation sites is 2. The number of carboxylic acid groups (broad SMARTS) is 3. The van der Waals surface area contributed by atoms with Crippen LogP contribution in [-0.4, -0.2) is 364 Å². The lowest BCUT2D eigenvalue weighted by Crippen LogP contribution is -2.61. The minimum Gasteiger partial charge on any atom is -0.480 e. The number of aromatic nitrogens is 4. The van der Waals surface area contributed by atoms with E-state index in [0.29, 0.717) is 94.2 Å². The fraction of sp³-hybridized carbons (Fsp3) is 0.478. The topological polar surface area (TPSA) is 644 Å². The van der Waals surface area contributed by atoms with Crippen LogP contribution < -0.4 is 75.3 Å². The van der Waals surface area contributed by atoms with Gasteiger partial charge in [-0.2, -0.15) is 0 Å². The molecule has 2 aliphatic heterocycles. The molecule has 0 unspecified atom stereocenters. The number of aliphatic hydroxyl groups is 1. The van der Waals surface area contributed by atoms with Gasteiger partial charge in [0.1, 0.15) is 48.3 Å². The van der Waals surface area contributed by atoms with Crippen LogP contribution in [0.5, 0.6) is 0 Å². The maximum absolute atomic E-state index is 15.7. The number of carboxylic acids is 3. The zero-order chi connectivity index (χ0) is 96.6. The molecule has 0 saturated carbocycles. The minimum absolute atomic E-state index is 0.00451. The second kappa shape index (κ2) is 53.6. The van der Waals surface area contributed by atoms with Gasteiger partial charge in [-0.15, -0.1) is 0 Å². The molecule has 25 N–H and O–H groups in total. The van der Waals surface area contributed by atoms with Gasteiger partial charge in [-0.25, -0.2) is 4.98 Å². The number of carbonyl (C=O) groups excluding carboxylic acids is 11. The highest BCUT2D eigenvalue weighted by atomic mass is 16.4. The average molecular weight is 1860 g/mol. The summed E-state index contributed by atoms with van der Waals surface area (Å²) >= 11 is 0. The monoisotopic (exact) mass is 1860 g/mol. The van der Waals surface area contributed by atoms with Crippen LogP contribution in [0, 0.1) is 10.8 Å². The van der Waals surface area contributed by atoms with E-state index in [4.69, 9.17) is 22.3 Å². The van der Waals surface area contributed by atoms with Gasteiger partial charge in [-0.05, 0) is 107 Å². The number of aliphatic hydroxyl groups excluding tert-OH is 1. The molecule has 0 bridgehead atoms. The van der Waals surface area contributed by atoms with Crippen molar-refractivity contribution < 1.29 is 87.5 Å². The highest BCUT2D eigenvalue weighted by molar-refractivity contribution is 6.09. The average Bonchev–Trinajstić information content (AvgIpc) is 1.58. The van der Waals surface area contributed by atoms with E-state index >= 15 is 19.2 Å². The molecule has 2 saturated heterocycles. The second-order valence-corrected chi connectivity index (χ2v) is 33.3. The number of H-pyrrole nitrogens is 3. The largest absolute Gasteiger partial charge is 0.480 e. The number of hydrogen-bond acceptors (Lipinski definition) is 24. The molecule has 2 aliphatic rings. The number of likely N-dealkylation sites (N-methyl/N-ethyl adjacent to an activating group) is 1. The van der Waals surface area contributed by atoms with E-state index in [2.05, 4.69) is 83.7 Å². The lowest BCUT2D eigenvalue weighted by molar-refractivity contribution is -0.142. The van der Waals surface area contributed by atoms with Gasteiger partial charge in [0, 0.05) is 168 Å². The van der Waals surface area contributed by atoms with Gasteiger partial charge in [0.15, 0.2) is 17.7 Å². The smallest absolute Gasteiger partial charge is 0.317 e. The van der Waals surface area contributed by atoms with Crippen molar-refractivity contribution >= 4 is 116 Å². The number of benzene rings is 4. The van der Waals surface area contributed by atoms with Crippen LogP contribution in [0.3, 0.4) is 0 Å². The zero-order valence-electron chi connectivity index (χ0n) is 75.4. The number of nitrogens with two attached hydrogens (primary N) is 2. The number of ketones is 1. The number of nitrogens with zero attached hydrogens (tertiary/aromatic N) is 7. The van der Waals surface area contributed by atoms with E-state index < -0.39 is 132 Å². The molecule has 0 spiro atoms. The molecule has 2 fully saturated rings. The Kier molecular flexibility index (Phi) is 41.6. The summed E-state index contributed by atoms with van der Waals surface area (Å²) in [4.78, 5) is 219. The Balaban J connectivity index is 0.898. The number of aliphatic carboxylic acids is 3. The highest BCUT2D eigenvalue weighted by Crippen LogP contribution is 2.25. The normalized spacial score (nSPS) is 15.8. The minimum atomic E-state index is -1.82. The summed E-state index contributed by atoms with van der Waals surface area (Å²) in [6.45, 7) is 1.64. The summed E-state index contributed by atoms with van der Waals surface area (Å²) in [5.74, 6) is -11.8. The van der Waals surface area contributed by atoms with E-state index in [1.165, 1.54) is 24.5 Å². The molecule has 44 heteroatoms. The number of carbonyl (C=O) groups is 14. The van der Waals surface area contributed by atoms with E-state index in [0.717, 1.165) is 0 Å². The van der Waals surface area contributed by atoms with Crippen LogP contribution in [-0.2, 0) is 88.0 Å². The first-order valence-corrected chi connectivity index (χ1v) is 44.8. The summed E-state index contributed by atoms with van der Waals surface area (Å²) in [5.41, 5.74) is 15.2. The van der Waals surface area contributed by atoms with Crippen molar-refractivity contribution in [1.82, 2.24) is 113 Å². The molecule has 7 aromatic rings. The van der Waals surface area contributed by atoms with E-state index in [1.807, 2.05) is 22.9 Å². The molecule has 724 valence electrons. The summed E-state index contributed by atoms with van der Waals surface area (Å²) in [5, 5.41) is 89.7. The molecule has 0 radical (unpaired) electrons. The van der Waals surface area contributed by atoms with Crippen molar-refractivity contribution in [3.63, 3.8) is 0 Å². The Morgan fingerprint density at radius 3 is 1.37 bits per heavy atom. The van der Waals surface area contributed by atoms with Crippen LogP contribution in [0.4, 0.5) is 0 Å². The predicted molar refractivity (Wildman–Crippen MR) is 495 cm³/mol. The van der Waals surface area contributed by atoms with Crippen LogP contribution in [0.2, 0.25) is 0 Å². The Morgan fingerprint density at radius 1 is 0.470 bits per heavy atom. The Bertz CT molecular complexity index is 5080. The van der Waals surface area contributed by atoms with Gasteiger partial charge in [0.25, 0.3) is 0 Å². The van der Waals surface area contributed by atoms with Gasteiger partial charge < -0.3 is 120 Å².